The Morgan fingerprint density at radius 2 is 1.68 bits per heavy atom. The van der Waals surface area contributed by atoms with Crippen molar-refractivity contribution in [1.82, 2.24) is 4.98 Å². The van der Waals surface area contributed by atoms with Gasteiger partial charge in [-0.2, -0.15) is 0 Å². The van der Waals surface area contributed by atoms with Gasteiger partial charge < -0.3 is 15.4 Å². The second-order valence-electron chi connectivity index (χ2n) is 6.92. The first kappa shape index (κ1) is 18.0. The molecular formula is C23H23N3O2. The highest BCUT2D eigenvalue weighted by molar-refractivity contribution is 6.03. The number of nitrogens with one attached hydrogen (secondary N) is 2. The number of pyridine rings is 1. The van der Waals surface area contributed by atoms with E-state index >= 15 is 0 Å². The van der Waals surface area contributed by atoms with Crippen molar-refractivity contribution in [3.05, 3.63) is 78.6 Å². The Morgan fingerprint density at radius 1 is 0.929 bits per heavy atom. The summed E-state index contributed by atoms with van der Waals surface area (Å²) in [6.07, 6.45) is 6.66. The van der Waals surface area contributed by atoms with Gasteiger partial charge in [0.15, 0.2) is 5.75 Å². The highest BCUT2D eigenvalue weighted by Crippen LogP contribution is 2.29. The molecule has 1 saturated carbocycles. The van der Waals surface area contributed by atoms with Gasteiger partial charge >= 0.3 is 0 Å². The van der Waals surface area contributed by atoms with Gasteiger partial charge in [-0.1, -0.05) is 43.2 Å². The number of aromatic nitrogens is 1. The number of rotatable bonds is 6. The maximum absolute atomic E-state index is 12.6. The second kappa shape index (κ2) is 8.57. The minimum Gasteiger partial charge on any atom is -0.455 e. The molecule has 0 spiro atoms. The van der Waals surface area contributed by atoms with E-state index in [1.165, 1.54) is 25.7 Å². The molecule has 2 aromatic carbocycles. The van der Waals surface area contributed by atoms with Crippen molar-refractivity contribution in [2.75, 3.05) is 10.6 Å². The molecule has 0 saturated heterocycles. The quantitative estimate of drug-likeness (QED) is 0.600. The lowest BCUT2D eigenvalue weighted by atomic mass is 10.2. The van der Waals surface area contributed by atoms with Crippen molar-refractivity contribution >= 4 is 17.3 Å². The molecule has 1 aliphatic rings. The number of carbonyl (C=O) groups is 1. The summed E-state index contributed by atoms with van der Waals surface area (Å²) in [5.74, 6) is 1.03. The van der Waals surface area contributed by atoms with Gasteiger partial charge in [0.2, 0.25) is 0 Å². The Labute approximate surface area is 164 Å². The number of nitrogens with zero attached hydrogens (tertiary/aromatic N) is 1. The SMILES string of the molecule is O=C(Nc1ccccc1Oc1ccccc1)c1ccc(NC2CCCC2)cn1. The van der Waals surface area contributed by atoms with Gasteiger partial charge in [0.1, 0.15) is 11.4 Å². The summed E-state index contributed by atoms with van der Waals surface area (Å²) in [7, 11) is 0. The molecule has 0 unspecified atom stereocenters. The van der Waals surface area contributed by atoms with Crippen LogP contribution in [0, 0.1) is 0 Å². The van der Waals surface area contributed by atoms with Gasteiger partial charge in [-0.3, -0.25) is 4.79 Å². The lowest BCUT2D eigenvalue weighted by Gasteiger charge is -2.14. The van der Waals surface area contributed by atoms with Crippen LogP contribution in [0.25, 0.3) is 0 Å². The van der Waals surface area contributed by atoms with Crippen molar-refractivity contribution < 1.29 is 9.53 Å². The predicted molar refractivity (Wildman–Crippen MR) is 111 cm³/mol. The molecule has 1 amide bonds. The number of benzene rings is 2. The van der Waals surface area contributed by atoms with Crippen LogP contribution >= 0.6 is 0 Å². The molecule has 1 aliphatic carbocycles. The highest BCUT2D eigenvalue weighted by atomic mass is 16.5. The van der Waals surface area contributed by atoms with E-state index in [-0.39, 0.29) is 5.91 Å². The number of carbonyl (C=O) groups excluding carboxylic acids is 1. The lowest BCUT2D eigenvalue weighted by molar-refractivity contribution is 0.102. The normalized spacial score (nSPS) is 13.9. The molecule has 1 fully saturated rings. The average molecular weight is 373 g/mol. The average Bonchev–Trinajstić information content (AvgIpc) is 3.24. The summed E-state index contributed by atoms with van der Waals surface area (Å²) in [6.45, 7) is 0. The zero-order valence-corrected chi connectivity index (χ0v) is 15.6. The molecule has 1 aromatic heterocycles. The fourth-order valence-corrected chi connectivity index (χ4v) is 3.38. The Balaban J connectivity index is 1.43. The zero-order chi connectivity index (χ0) is 19.2. The van der Waals surface area contributed by atoms with E-state index in [4.69, 9.17) is 4.74 Å². The lowest BCUT2D eigenvalue weighted by Crippen LogP contribution is -2.16. The van der Waals surface area contributed by atoms with E-state index in [0.717, 1.165) is 5.69 Å². The van der Waals surface area contributed by atoms with Crippen molar-refractivity contribution in [3.63, 3.8) is 0 Å². The van der Waals surface area contributed by atoms with E-state index in [2.05, 4.69) is 15.6 Å². The van der Waals surface area contributed by atoms with E-state index in [1.807, 2.05) is 60.7 Å². The first-order chi connectivity index (χ1) is 13.8. The maximum atomic E-state index is 12.6. The maximum Gasteiger partial charge on any atom is 0.274 e. The topological polar surface area (TPSA) is 63.2 Å². The Bertz CT molecular complexity index is 920. The summed E-state index contributed by atoms with van der Waals surface area (Å²) in [4.78, 5) is 16.9. The number of anilines is 2. The molecular weight excluding hydrogens is 350 g/mol. The molecule has 28 heavy (non-hydrogen) atoms. The summed E-state index contributed by atoms with van der Waals surface area (Å²) >= 11 is 0. The van der Waals surface area contributed by atoms with Crippen molar-refractivity contribution in [3.8, 4) is 11.5 Å². The first-order valence-corrected chi connectivity index (χ1v) is 9.64. The van der Waals surface area contributed by atoms with Gasteiger partial charge in [0.25, 0.3) is 5.91 Å². The van der Waals surface area contributed by atoms with Crippen LogP contribution in [0.2, 0.25) is 0 Å². The van der Waals surface area contributed by atoms with Crippen molar-refractivity contribution in [1.29, 1.82) is 0 Å². The molecule has 0 radical (unpaired) electrons. The van der Waals surface area contributed by atoms with Crippen LogP contribution in [0.15, 0.2) is 72.9 Å². The fourth-order valence-electron chi connectivity index (χ4n) is 3.38. The minimum atomic E-state index is -0.267. The third kappa shape index (κ3) is 4.49. The molecule has 1 heterocycles. The molecule has 0 aliphatic heterocycles. The first-order valence-electron chi connectivity index (χ1n) is 9.64. The molecule has 142 valence electrons. The van der Waals surface area contributed by atoms with Gasteiger partial charge in [-0.05, 0) is 49.2 Å². The minimum absolute atomic E-state index is 0.267. The number of hydrogen-bond acceptors (Lipinski definition) is 4. The fraction of sp³-hybridized carbons (Fsp3) is 0.217. The Kier molecular flexibility index (Phi) is 5.52. The van der Waals surface area contributed by atoms with Crippen molar-refractivity contribution in [2.24, 2.45) is 0 Å². The van der Waals surface area contributed by atoms with Crippen LogP contribution in [-0.4, -0.2) is 16.9 Å². The third-order valence-electron chi connectivity index (χ3n) is 4.83. The number of amides is 1. The van der Waals surface area contributed by atoms with E-state index in [0.29, 0.717) is 28.9 Å². The van der Waals surface area contributed by atoms with Gasteiger partial charge in [0.05, 0.1) is 17.6 Å². The second-order valence-corrected chi connectivity index (χ2v) is 6.92. The van der Waals surface area contributed by atoms with E-state index < -0.39 is 0 Å². The standard InChI is InChI=1S/C23H23N3O2/c27-23(21-15-14-18(16-24-21)25-17-8-4-5-9-17)26-20-12-6-7-13-22(20)28-19-10-2-1-3-11-19/h1-3,6-7,10-17,25H,4-5,8-9H2,(H,26,27). The third-order valence-corrected chi connectivity index (χ3v) is 4.83. The van der Waals surface area contributed by atoms with Crippen LogP contribution in [0.4, 0.5) is 11.4 Å². The monoisotopic (exact) mass is 373 g/mol. The molecule has 0 atom stereocenters. The molecule has 3 aromatic rings. The van der Waals surface area contributed by atoms with Gasteiger partial charge in [0, 0.05) is 6.04 Å². The van der Waals surface area contributed by atoms with Gasteiger partial charge in [-0.25, -0.2) is 4.98 Å². The smallest absolute Gasteiger partial charge is 0.274 e. The molecule has 5 heteroatoms. The van der Waals surface area contributed by atoms with Crippen LogP contribution in [0.3, 0.4) is 0 Å². The van der Waals surface area contributed by atoms with E-state index in [9.17, 15) is 4.79 Å². The van der Waals surface area contributed by atoms with Crippen LogP contribution in [0.5, 0.6) is 11.5 Å². The number of para-hydroxylation sites is 3. The van der Waals surface area contributed by atoms with E-state index in [1.54, 1.807) is 12.3 Å². The summed E-state index contributed by atoms with van der Waals surface area (Å²) < 4.78 is 5.89. The van der Waals surface area contributed by atoms with Crippen LogP contribution < -0.4 is 15.4 Å². The van der Waals surface area contributed by atoms with Crippen LogP contribution in [-0.2, 0) is 0 Å². The Morgan fingerprint density at radius 3 is 2.43 bits per heavy atom. The molecule has 4 rings (SSSR count). The predicted octanol–water partition coefficient (Wildman–Crippen LogP) is 5.48. The largest absolute Gasteiger partial charge is 0.455 e. The number of hydrogen-bond donors (Lipinski definition) is 2. The summed E-state index contributed by atoms with van der Waals surface area (Å²) in [5.41, 5.74) is 1.93. The Hall–Kier alpha value is -3.34. The molecule has 5 nitrogen and oxygen atoms in total. The highest BCUT2D eigenvalue weighted by Gasteiger charge is 2.15. The van der Waals surface area contributed by atoms with Crippen molar-refractivity contribution in [2.45, 2.75) is 31.7 Å². The van der Waals surface area contributed by atoms with Crippen LogP contribution in [0.1, 0.15) is 36.2 Å². The van der Waals surface area contributed by atoms with Gasteiger partial charge in [-0.15, -0.1) is 0 Å². The summed E-state index contributed by atoms with van der Waals surface area (Å²) in [5, 5.41) is 6.37. The summed E-state index contributed by atoms with van der Waals surface area (Å²) in [6, 6.07) is 21.0. The zero-order valence-electron chi connectivity index (χ0n) is 15.6. The molecule has 0 bridgehead atoms. The molecule has 2 N–H and O–H groups in total. The number of ether oxygens (including phenoxy) is 1.